The number of anilines is 4. The first-order chi connectivity index (χ1) is 23.1. The molecule has 2 aliphatic heterocycles. The van der Waals surface area contributed by atoms with Gasteiger partial charge in [0.2, 0.25) is 5.95 Å². The number of halogens is 1. The van der Waals surface area contributed by atoms with Gasteiger partial charge in [-0.2, -0.15) is 4.98 Å². The number of aryl methyl sites for hydroxylation is 1. The highest BCUT2D eigenvalue weighted by atomic mass is 35.5. The molecule has 256 valence electrons. The van der Waals surface area contributed by atoms with E-state index >= 15 is 0 Å². The van der Waals surface area contributed by atoms with E-state index in [9.17, 15) is 8.42 Å². The minimum atomic E-state index is -3.39. The van der Waals surface area contributed by atoms with Crippen molar-refractivity contribution in [2.45, 2.75) is 44.3 Å². The van der Waals surface area contributed by atoms with Crippen LogP contribution in [0.5, 0.6) is 5.75 Å². The molecule has 0 radical (unpaired) electrons. The van der Waals surface area contributed by atoms with Gasteiger partial charge in [0.1, 0.15) is 10.8 Å². The molecule has 0 atom stereocenters. The van der Waals surface area contributed by atoms with Gasteiger partial charge in [-0.3, -0.25) is 9.97 Å². The van der Waals surface area contributed by atoms with Crippen LogP contribution in [-0.2, 0) is 22.0 Å². The minimum Gasteiger partial charge on any atom is -0.495 e. The molecule has 2 aromatic carbocycles. The second-order valence-corrected chi connectivity index (χ2v) is 15.3. The Morgan fingerprint density at radius 2 is 1.69 bits per heavy atom. The number of ether oxygens (including phenoxy) is 1. The Balaban J connectivity index is 1.24. The van der Waals surface area contributed by atoms with Crippen molar-refractivity contribution in [2.24, 2.45) is 0 Å². The first-order valence-corrected chi connectivity index (χ1v) is 18.9. The second kappa shape index (κ2) is 14.9. The summed E-state index contributed by atoms with van der Waals surface area (Å²) in [5.41, 5.74) is 5.52. The van der Waals surface area contributed by atoms with E-state index in [1.54, 1.807) is 31.6 Å². The fraction of sp³-hybridized carbons (Fsp3) is 0.471. The number of hydrazine groups is 1. The molecule has 6 rings (SSSR count). The fourth-order valence-corrected chi connectivity index (χ4v) is 7.65. The summed E-state index contributed by atoms with van der Waals surface area (Å²) in [6.07, 6.45) is 10.0. The highest BCUT2D eigenvalue weighted by Crippen LogP contribution is 2.39. The maximum Gasteiger partial charge on any atom is 0.229 e. The van der Waals surface area contributed by atoms with E-state index in [2.05, 4.69) is 71.6 Å². The first kappa shape index (κ1) is 34.3. The van der Waals surface area contributed by atoms with E-state index in [0.29, 0.717) is 40.0 Å². The number of hydrogen-bond donors (Lipinski definition) is 2. The molecule has 0 amide bonds. The zero-order chi connectivity index (χ0) is 33.8. The number of rotatable bonds is 11. The highest BCUT2D eigenvalue weighted by Gasteiger charge is 2.28. The number of nitrogens with zero attached hydrogens (tertiary/aromatic N) is 7. The predicted molar refractivity (Wildman–Crippen MR) is 191 cm³/mol. The molecule has 4 aromatic rings. The van der Waals surface area contributed by atoms with Crippen molar-refractivity contribution >= 4 is 55.6 Å². The first-order valence-electron chi connectivity index (χ1n) is 16.5. The van der Waals surface area contributed by atoms with Gasteiger partial charge in [0.05, 0.1) is 35.8 Å². The van der Waals surface area contributed by atoms with Crippen LogP contribution in [0, 0.1) is 0 Å². The monoisotopic (exact) mass is 693 g/mol. The van der Waals surface area contributed by atoms with Crippen molar-refractivity contribution in [1.29, 1.82) is 0 Å². The molecule has 12 nitrogen and oxygen atoms in total. The van der Waals surface area contributed by atoms with Gasteiger partial charge in [0, 0.05) is 69.2 Å². The number of likely N-dealkylation sites (N-methyl/N-ethyl adjacent to an activating group) is 1. The second-order valence-electron chi connectivity index (χ2n) is 12.7. The summed E-state index contributed by atoms with van der Waals surface area (Å²) in [5.74, 6) is 1.61. The number of sulfone groups is 1. The van der Waals surface area contributed by atoms with E-state index in [1.807, 2.05) is 0 Å². The van der Waals surface area contributed by atoms with Crippen LogP contribution in [-0.4, -0.2) is 103 Å². The van der Waals surface area contributed by atoms with Crippen LogP contribution in [0.4, 0.5) is 23.1 Å². The minimum absolute atomic E-state index is 0.224. The average Bonchev–Trinajstić information content (AvgIpc) is 3.07. The summed E-state index contributed by atoms with van der Waals surface area (Å²) in [7, 11) is 0.491. The Morgan fingerprint density at radius 3 is 2.40 bits per heavy atom. The van der Waals surface area contributed by atoms with Crippen LogP contribution < -0.4 is 15.4 Å². The van der Waals surface area contributed by atoms with Crippen LogP contribution in [0.1, 0.15) is 48.8 Å². The SMILES string of the molecule is CCCc1cc(Nc2ncc(Cl)c(Nc3ccc4nccnc4c3CS(C)(=O)=O)n2)c(OC)cc1C1CCN(N2CCN(C)CC2)CC1. The van der Waals surface area contributed by atoms with Crippen LogP contribution in [0.15, 0.2) is 42.9 Å². The van der Waals surface area contributed by atoms with Crippen LogP contribution >= 0.6 is 11.6 Å². The Hall–Kier alpha value is -3.62. The number of piperidine rings is 1. The summed E-state index contributed by atoms with van der Waals surface area (Å²) in [5, 5.41) is 12.0. The molecule has 0 spiro atoms. The lowest BCUT2D eigenvalue weighted by atomic mass is 9.85. The molecule has 0 aliphatic carbocycles. The quantitative estimate of drug-likeness (QED) is 0.209. The van der Waals surface area contributed by atoms with Gasteiger partial charge in [0.15, 0.2) is 15.7 Å². The molecule has 14 heteroatoms. The van der Waals surface area contributed by atoms with E-state index in [1.165, 1.54) is 23.6 Å². The number of hydrogen-bond acceptors (Lipinski definition) is 12. The average molecular weight is 694 g/mol. The van der Waals surface area contributed by atoms with Crippen molar-refractivity contribution in [3.05, 3.63) is 64.6 Å². The number of methoxy groups -OCH3 is 1. The van der Waals surface area contributed by atoms with E-state index in [-0.39, 0.29) is 10.8 Å². The van der Waals surface area contributed by atoms with Gasteiger partial charge in [0.25, 0.3) is 0 Å². The van der Waals surface area contributed by atoms with Crippen molar-refractivity contribution in [2.75, 3.05) is 70.3 Å². The van der Waals surface area contributed by atoms with Crippen LogP contribution in [0.2, 0.25) is 5.02 Å². The Kier molecular flexibility index (Phi) is 10.6. The Bertz CT molecular complexity index is 1860. The molecule has 0 unspecified atom stereocenters. The largest absolute Gasteiger partial charge is 0.495 e. The molecule has 2 aromatic heterocycles. The zero-order valence-corrected chi connectivity index (χ0v) is 29.6. The Morgan fingerprint density at radius 1 is 0.958 bits per heavy atom. The number of fused-ring (bicyclic) bond motifs is 1. The van der Waals surface area contributed by atoms with Gasteiger partial charge in [-0.1, -0.05) is 24.9 Å². The summed E-state index contributed by atoms with van der Waals surface area (Å²) in [4.78, 5) is 20.3. The summed E-state index contributed by atoms with van der Waals surface area (Å²) in [6, 6.07) is 7.90. The van der Waals surface area contributed by atoms with Crippen molar-refractivity contribution in [3.8, 4) is 5.75 Å². The van der Waals surface area contributed by atoms with Crippen LogP contribution in [0.25, 0.3) is 11.0 Å². The molecule has 0 saturated carbocycles. The lowest BCUT2D eigenvalue weighted by Gasteiger charge is -2.43. The number of benzene rings is 2. The van der Waals surface area contributed by atoms with Gasteiger partial charge in [-0.15, -0.1) is 0 Å². The fourth-order valence-electron chi connectivity index (χ4n) is 6.69. The standard InChI is InChI=1S/C34H44ClN9O3S/c1-5-6-24-19-30(31(47-3)20-25(24)23-9-13-43(14-10-23)44-17-15-42(2)16-18-44)40-34-38-21-27(35)33(41-34)39-28-7-8-29-32(37-12-11-36-29)26(28)22-48(4,45)46/h7-8,11-12,19-21,23H,5-6,9-10,13-18,22H2,1-4H3,(H2,38,39,40,41). The normalized spacial score (nSPS) is 17.1. The molecule has 0 bridgehead atoms. The van der Waals surface area contributed by atoms with E-state index in [0.717, 1.165) is 76.4 Å². The number of piperazine rings is 1. The molecule has 2 saturated heterocycles. The van der Waals surface area contributed by atoms with Gasteiger partial charge in [-0.25, -0.2) is 23.4 Å². The van der Waals surface area contributed by atoms with Gasteiger partial charge in [-0.05, 0) is 67.6 Å². The third kappa shape index (κ3) is 7.98. The van der Waals surface area contributed by atoms with Crippen molar-refractivity contribution in [3.63, 3.8) is 0 Å². The third-order valence-electron chi connectivity index (χ3n) is 9.17. The lowest BCUT2D eigenvalue weighted by Crippen LogP contribution is -2.54. The van der Waals surface area contributed by atoms with Gasteiger partial charge < -0.3 is 20.3 Å². The molecule has 48 heavy (non-hydrogen) atoms. The number of aromatic nitrogens is 4. The van der Waals surface area contributed by atoms with Crippen LogP contribution in [0.3, 0.4) is 0 Å². The lowest BCUT2D eigenvalue weighted by molar-refractivity contribution is -0.0675. The summed E-state index contributed by atoms with van der Waals surface area (Å²) in [6.45, 7) is 8.75. The summed E-state index contributed by atoms with van der Waals surface area (Å²) >= 11 is 6.56. The van der Waals surface area contributed by atoms with Crippen molar-refractivity contribution in [1.82, 2.24) is 34.9 Å². The Labute approximate surface area is 287 Å². The third-order valence-corrected chi connectivity index (χ3v) is 10.3. The predicted octanol–water partition coefficient (Wildman–Crippen LogP) is 5.41. The highest BCUT2D eigenvalue weighted by molar-refractivity contribution is 7.89. The molecule has 4 heterocycles. The van der Waals surface area contributed by atoms with Crippen molar-refractivity contribution < 1.29 is 13.2 Å². The molecular formula is C34H44ClN9O3S. The summed E-state index contributed by atoms with van der Waals surface area (Å²) < 4.78 is 30.6. The van der Waals surface area contributed by atoms with Gasteiger partial charge >= 0.3 is 0 Å². The van der Waals surface area contributed by atoms with E-state index in [4.69, 9.17) is 16.3 Å². The molecular weight excluding hydrogens is 650 g/mol. The maximum absolute atomic E-state index is 12.4. The molecule has 2 aliphatic rings. The number of nitrogens with one attached hydrogen (secondary N) is 2. The molecule has 2 fully saturated rings. The smallest absolute Gasteiger partial charge is 0.229 e. The maximum atomic E-state index is 12.4. The topological polar surface area (TPSA) is 129 Å². The molecule has 2 N–H and O–H groups in total. The van der Waals surface area contributed by atoms with E-state index < -0.39 is 9.84 Å². The zero-order valence-electron chi connectivity index (χ0n) is 28.0.